The van der Waals surface area contributed by atoms with Gasteiger partial charge in [-0.25, -0.2) is 9.37 Å². The Morgan fingerprint density at radius 3 is 2.79 bits per heavy atom. The van der Waals surface area contributed by atoms with Crippen LogP contribution in [-0.2, 0) is 4.74 Å². The van der Waals surface area contributed by atoms with Gasteiger partial charge in [0.15, 0.2) is 5.82 Å². The number of halogens is 1. The summed E-state index contributed by atoms with van der Waals surface area (Å²) in [5.41, 5.74) is -0.520. The van der Waals surface area contributed by atoms with Gasteiger partial charge in [0, 0.05) is 34.5 Å². The topological polar surface area (TPSA) is 113 Å². The number of phenolic OH excluding ortho intramolecular Hbond substituents is 1. The van der Waals surface area contributed by atoms with E-state index >= 15 is 4.39 Å². The summed E-state index contributed by atoms with van der Waals surface area (Å²) >= 11 is 0. The van der Waals surface area contributed by atoms with Crippen molar-refractivity contribution < 1.29 is 28.8 Å². The predicted molar refractivity (Wildman–Crippen MR) is 177 cm³/mol. The predicted octanol–water partition coefficient (Wildman–Crippen LogP) is 4.91. The van der Waals surface area contributed by atoms with Crippen LogP contribution in [0.25, 0.3) is 32.9 Å². The lowest BCUT2D eigenvalue weighted by molar-refractivity contribution is -0.0123. The summed E-state index contributed by atoms with van der Waals surface area (Å²) in [4.78, 5) is 18.4. The molecule has 2 aromatic carbocycles. The number of terminal acetylenes is 1. The Kier molecular flexibility index (Phi) is 8.07. The van der Waals surface area contributed by atoms with E-state index in [1.165, 1.54) is 13.2 Å². The van der Waals surface area contributed by atoms with Crippen molar-refractivity contribution in [2.24, 2.45) is 5.41 Å². The van der Waals surface area contributed by atoms with Gasteiger partial charge in [-0.3, -0.25) is 0 Å². The molecule has 0 unspecified atom stereocenters. The summed E-state index contributed by atoms with van der Waals surface area (Å²) in [6, 6.07) is 8.81. The summed E-state index contributed by atoms with van der Waals surface area (Å²) in [6.45, 7) is 4.19. The van der Waals surface area contributed by atoms with Crippen molar-refractivity contribution in [2.75, 3.05) is 58.5 Å². The molecule has 3 fully saturated rings. The molecule has 3 atom stereocenters. The van der Waals surface area contributed by atoms with Crippen LogP contribution in [0.3, 0.4) is 0 Å². The van der Waals surface area contributed by atoms with Crippen molar-refractivity contribution in [3.05, 3.63) is 41.7 Å². The van der Waals surface area contributed by atoms with E-state index in [1.807, 2.05) is 4.90 Å². The lowest BCUT2D eigenvalue weighted by Crippen LogP contribution is -2.50. The number of aromatic hydroxyl groups is 1. The van der Waals surface area contributed by atoms with E-state index in [9.17, 15) is 10.2 Å². The molecule has 10 nitrogen and oxygen atoms in total. The Bertz CT molecular complexity index is 1890. The van der Waals surface area contributed by atoms with E-state index < -0.39 is 11.4 Å². The van der Waals surface area contributed by atoms with Crippen molar-refractivity contribution in [3.63, 3.8) is 0 Å². The molecule has 246 valence electrons. The van der Waals surface area contributed by atoms with Crippen molar-refractivity contribution >= 4 is 27.5 Å². The van der Waals surface area contributed by atoms with Gasteiger partial charge < -0.3 is 34.2 Å². The Balaban J connectivity index is 1.43. The van der Waals surface area contributed by atoms with Gasteiger partial charge in [0.2, 0.25) is 5.88 Å². The second-order valence-electron chi connectivity index (χ2n) is 13.5. The number of rotatable bonds is 6. The van der Waals surface area contributed by atoms with Gasteiger partial charge in [0.05, 0.1) is 33.5 Å². The Labute approximate surface area is 273 Å². The number of piperidine rings is 1. The number of hydrogen-bond donors (Lipinski definition) is 2. The summed E-state index contributed by atoms with van der Waals surface area (Å²) in [5.74, 6) is 2.29. The zero-order valence-electron chi connectivity index (χ0n) is 27.1. The maximum Gasteiger partial charge on any atom is 0.319 e. The molecule has 4 aromatic rings. The highest BCUT2D eigenvalue weighted by molar-refractivity contribution is 6.04. The first-order valence-electron chi connectivity index (χ1n) is 16.2. The van der Waals surface area contributed by atoms with Gasteiger partial charge in [-0.1, -0.05) is 24.5 Å². The van der Waals surface area contributed by atoms with Gasteiger partial charge in [-0.05, 0) is 69.8 Å². The first-order chi connectivity index (χ1) is 22.6. The summed E-state index contributed by atoms with van der Waals surface area (Å²) < 4.78 is 35.0. The molecule has 0 radical (unpaired) electrons. The zero-order chi connectivity index (χ0) is 32.9. The smallest absolute Gasteiger partial charge is 0.319 e. The Hall–Kier alpha value is -4.24. The minimum Gasteiger partial charge on any atom is -0.508 e. The number of methoxy groups -OCH3 is 1. The molecule has 2 N–H and O–H groups in total. The highest BCUT2D eigenvalue weighted by Gasteiger charge is 2.47. The minimum atomic E-state index is -1.19. The molecule has 3 aliphatic rings. The molecule has 7 rings (SSSR count). The highest BCUT2D eigenvalue weighted by atomic mass is 19.1. The Morgan fingerprint density at radius 2 is 1.98 bits per heavy atom. The average Bonchev–Trinajstić information content (AvgIpc) is 3.41. The lowest BCUT2D eigenvalue weighted by Gasteiger charge is -2.44. The number of benzene rings is 2. The number of β-amino-alcohol motifs (C(OH)–C–C–N with tert-alkyl or cyclic N) is 1. The number of nitrogens with zero attached hydrogens (tertiary/aromatic N) is 5. The maximum atomic E-state index is 17.1. The van der Waals surface area contributed by atoms with E-state index in [0.717, 1.165) is 38.6 Å². The van der Waals surface area contributed by atoms with Crippen LogP contribution < -0.4 is 14.4 Å². The Morgan fingerprint density at radius 1 is 1.15 bits per heavy atom. The summed E-state index contributed by atoms with van der Waals surface area (Å²) in [7, 11) is 3.63. The molecule has 0 bridgehead atoms. The third kappa shape index (κ3) is 5.58. The van der Waals surface area contributed by atoms with Crippen LogP contribution in [0.15, 0.2) is 30.3 Å². The van der Waals surface area contributed by atoms with E-state index in [0.29, 0.717) is 53.5 Å². The fourth-order valence-electron chi connectivity index (χ4n) is 8.01. The molecule has 1 aliphatic carbocycles. The van der Waals surface area contributed by atoms with Crippen LogP contribution in [0.1, 0.15) is 44.6 Å². The van der Waals surface area contributed by atoms with Crippen molar-refractivity contribution in [3.8, 4) is 41.2 Å². The van der Waals surface area contributed by atoms with Gasteiger partial charge in [-0.2, -0.15) is 9.97 Å². The number of ether oxygens (including phenoxy) is 3. The normalized spacial score (nSPS) is 25.0. The van der Waals surface area contributed by atoms with E-state index in [-0.39, 0.29) is 52.8 Å². The summed E-state index contributed by atoms with van der Waals surface area (Å²) in [6.07, 6.45) is 11.3. The molecule has 4 heterocycles. The van der Waals surface area contributed by atoms with Crippen LogP contribution >= 0.6 is 0 Å². The third-order valence-electron chi connectivity index (χ3n) is 10.1. The van der Waals surface area contributed by atoms with Crippen molar-refractivity contribution in [1.82, 2.24) is 19.9 Å². The second-order valence-corrected chi connectivity index (χ2v) is 13.5. The van der Waals surface area contributed by atoms with Gasteiger partial charge in [-0.15, -0.1) is 6.42 Å². The van der Waals surface area contributed by atoms with Crippen LogP contribution in [0.2, 0.25) is 0 Å². The van der Waals surface area contributed by atoms with Crippen molar-refractivity contribution in [1.29, 1.82) is 0 Å². The average molecular weight is 642 g/mol. The standard InChI is InChI=1S/C36H40FN5O5/c1-5-22-9-6-10-23-17-24(43)18-25(27(22)23)30-29(37)31-28(33(38-30)45-4)32(42-15-16-46-20-35(2,44)19-42)40-34(39-31)47-21-36-12-7-11-26(36)41(3)14-8-13-36/h1,6,9-10,17-18,26,43-44H,7-8,11-16,19-21H2,2-4H3/t26-,35+,36-/m1/s1. The molecule has 0 spiro atoms. The van der Waals surface area contributed by atoms with Gasteiger partial charge >= 0.3 is 6.01 Å². The van der Waals surface area contributed by atoms with Crippen LogP contribution in [0, 0.1) is 23.6 Å². The second kappa shape index (κ2) is 12.1. The molecule has 2 aliphatic heterocycles. The number of likely N-dealkylation sites (tertiary alicyclic amines) is 1. The fraction of sp³-hybridized carbons (Fsp3) is 0.472. The number of aliphatic hydroxyl groups is 1. The number of pyridine rings is 1. The maximum absolute atomic E-state index is 17.1. The zero-order valence-corrected chi connectivity index (χ0v) is 27.1. The SMILES string of the molecule is C#Cc1cccc2cc(O)cc(-c3nc(OC)c4c(N5CCOC[C@@](C)(O)C5)nc(OC[C@]56CCC[C@H]5N(C)CCC6)nc4c3F)c12. The molecule has 11 heteroatoms. The number of phenols is 1. The fourth-order valence-corrected chi connectivity index (χ4v) is 8.01. The molecular weight excluding hydrogens is 601 g/mol. The van der Waals surface area contributed by atoms with Crippen LogP contribution in [0.4, 0.5) is 10.2 Å². The van der Waals surface area contributed by atoms with E-state index in [1.54, 1.807) is 31.2 Å². The minimum absolute atomic E-state index is 0.0304. The molecule has 0 amide bonds. The first kappa shape index (κ1) is 31.4. The third-order valence-corrected chi connectivity index (χ3v) is 10.1. The molecule has 47 heavy (non-hydrogen) atoms. The van der Waals surface area contributed by atoms with Crippen LogP contribution in [-0.4, -0.2) is 95.3 Å². The van der Waals surface area contributed by atoms with E-state index in [4.69, 9.17) is 25.6 Å². The first-order valence-corrected chi connectivity index (χ1v) is 16.2. The van der Waals surface area contributed by atoms with Crippen molar-refractivity contribution in [2.45, 2.75) is 50.7 Å². The molecule has 2 aromatic heterocycles. The van der Waals surface area contributed by atoms with Gasteiger partial charge in [0.1, 0.15) is 33.8 Å². The molecule has 2 saturated heterocycles. The number of hydrogen-bond acceptors (Lipinski definition) is 10. The summed E-state index contributed by atoms with van der Waals surface area (Å²) in [5, 5.41) is 23.2. The molecular formula is C36H40FN5O5. The largest absolute Gasteiger partial charge is 0.508 e. The van der Waals surface area contributed by atoms with Crippen LogP contribution in [0.5, 0.6) is 17.6 Å². The monoisotopic (exact) mass is 641 g/mol. The highest BCUT2D eigenvalue weighted by Crippen LogP contribution is 2.48. The number of fused-ring (bicyclic) bond motifs is 3. The number of aromatic nitrogens is 3. The lowest BCUT2D eigenvalue weighted by atomic mass is 9.76. The number of anilines is 1. The molecule has 1 saturated carbocycles. The van der Waals surface area contributed by atoms with E-state index in [2.05, 4.69) is 27.8 Å². The quantitative estimate of drug-likeness (QED) is 0.282. The van der Waals surface area contributed by atoms with Gasteiger partial charge in [0.25, 0.3) is 0 Å².